The van der Waals surface area contributed by atoms with Crippen molar-refractivity contribution in [1.82, 2.24) is 4.90 Å². The molecule has 1 aromatic rings. The number of benzene rings is 1. The van der Waals surface area contributed by atoms with E-state index in [-0.39, 0.29) is 5.91 Å². The molecule has 5 heteroatoms. The Morgan fingerprint density at radius 1 is 1.35 bits per heavy atom. The van der Waals surface area contributed by atoms with E-state index in [4.69, 9.17) is 23.2 Å². The van der Waals surface area contributed by atoms with Gasteiger partial charge in [0.1, 0.15) is 5.60 Å². The van der Waals surface area contributed by atoms with Gasteiger partial charge >= 0.3 is 0 Å². The molecule has 2 aliphatic rings. The second-order valence-corrected chi connectivity index (χ2v) is 6.33. The lowest BCUT2D eigenvalue weighted by atomic mass is 9.88. The number of nitrogens with zero attached hydrogens (tertiary/aromatic N) is 1. The van der Waals surface area contributed by atoms with Gasteiger partial charge in [0.15, 0.2) is 0 Å². The molecule has 1 aliphatic carbocycles. The highest BCUT2D eigenvalue weighted by Gasteiger charge is 2.52. The van der Waals surface area contributed by atoms with Crippen LogP contribution in [0.5, 0.6) is 0 Å². The molecule has 1 N–H and O–H groups in total. The standard InChI is InChI=1S/C15H15Cl2NO2/c16-12-3-1-2-10(14(12)17)4-7-13(19)18-8-15(20,9-18)11-5-6-11/h1-4,7,11,20H,5-6,8-9H2. The van der Waals surface area contributed by atoms with Gasteiger partial charge in [0.2, 0.25) is 5.91 Å². The zero-order valence-electron chi connectivity index (χ0n) is 10.9. The second-order valence-electron chi connectivity index (χ2n) is 5.55. The molecule has 0 atom stereocenters. The van der Waals surface area contributed by atoms with Crippen molar-refractivity contribution in [3.63, 3.8) is 0 Å². The van der Waals surface area contributed by atoms with Crippen LogP contribution >= 0.6 is 23.2 Å². The van der Waals surface area contributed by atoms with Gasteiger partial charge in [-0.1, -0.05) is 35.3 Å². The fourth-order valence-electron chi connectivity index (χ4n) is 2.57. The molecule has 1 heterocycles. The van der Waals surface area contributed by atoms with Crippen molar-refractivity contribution in [1.29, 1.82) is 0 Å². The highest BCUT2D eigenvalue weighted by atomic mass is 35.5. The van der Waals surface area contributed by atoms with Crippen molar-refractivity contribution in [3.8, 4) is 0 Å². The van der Waals surface area contributed by atoms with Crippen LogP contribution in [0, 0.1) is 5.92 Å². The molecule has 20 heavy (non-hydrogen) atoms. The summed E-state index contributed by atoms with van der Waals surface area (Å²) in [5.74, 6) is 0.282. The van der Waals surface area contributed by atoms with Crippen LogP contribution in [0.1, 0.15) is 18.4 Å². The minimum atomic E-state index is -0.642. The Kier molecular flexibility index (Phi) is 3.53. The van der Waals surface area contributed by atoms with Crippen molar-refractivity contribution in [2.75, 3.05) is 13.1 Å². The number of rotatable bonds is 3. The second kappa shape index (κ2) is 5.06. The van der Waals surface area contributed by atoms with Gasteiger partial charge in [0.05, 0.1) is 23.1 Å². The van der Waals surface area contributed by atoms with E-state index < -0.39 is 5.60 Å². The van der Waals surface area contributed by atoms with E-state index in [9.17, 15) is 9.90 Å². The summed E-state index contributed by atoms with van der Waals surface area (Å²) in [6.45, 7) is 0.869. The van der Waals surface area contributed by atoms with Crippen LogP contribution in [0.4, 0.5) is 0 Å². The highest BCUT2D eigenvalue weighted by Crippen LogP contribution is 2.44. The van der Waals surface area contributed by atoms with Gasteiger partial charge in [-0.3, -0.25) is 4.79 Å². The third-order valence-corrected chi connectivity index (χ3v) is 4.80. The van der Waals surface area contributed by atoms with Gasteiger partial charge in [-0.05, 0) is 36.5 Å². The summed E-state index contributed by atoms with van der Waals surface area (Å²) in [5.41, 5.74) is 0.0718. The fraction of sp³-hybridized carbons (Fsp3) is 0.400. The van der Waals surface area contributed by atoms with Crippen molar-refractivity contribution in [2.45, 2.75) is 18.4 Å². The van der Waals surface area contributed by atoms with Gasteiger partial charge < -0.3 is 10.0 Å². The number of amides is 1. The lowest BCUT2D eigenvalue weighted by molar-refractivity contribution is -0.154. The molecule has 1 saturated carbocycles. The lowest BCUT2D eigenvalue weighted by Gasteiger charge is -2.46. The van der Waals surface area contributed by atoms with E-state index in [1.807, 2.05) is 0 Å². The van der Waals surface area contributed by atoms with E-state index >= 15 is 0 Å². The van der Waals surface area contributed by atoms with E-state index in [1.54, 1.807) is 29.2 Å². The Balaban J connectivity index is 1.62. The van der Waals surface area contributed by atoms with E-state index in [0.717, 1.165) is 12.8 Å². The largest absolute Gasteiger partial charge is 0.386 e. The van der Waals surface area contributed by atoms with Crippen molar-refractivity contribution >= 4 is 35.2 Å². The minimum absolute atomic E-state index is 0.105. The van der Waals surface area contributed by atoms with Crippen LogP contribution in [0.25, 0.3) is 6.08 Å². The predicted octanol–water partition coefficient (Wildman–Crippen LogP) is 2.99. The Bertz CT molecular complexity index is 575. The van der Waals surface area contributed by atoms with Crippen LogP contribution in [0.15, 0.2) is 24.3 Å². The van der Waals surface area contributed by atoms with Crippen molar-refractivity contribution in [3.05, 3.63) is 39.9 Å². The van der Waals surface area contributed by atoms with Gasteiger partial charge in [-0.25, -0.2) is 0 Å². The normalized spacial score (nSPS) is 21.1. The van der Waals surface area contributed by atoms with E-state index in [1.165, 1.54) is 6.08 Å². The highest BCUT2D eigenvalue weighted by molar-refractivity contribution is 6.42. The Morgan fingerprint density at radius 2 is 2.05 bits per heavy atom. The van der Waals surface area contributed by atoms with Crippen molar-refractivity contribution < 1.29 is 9.90 Å². The molecule has 106 valence electrons. The summed E-state index contributed by atoms with van der Waals surface area (Å²) >= 11 is 12.0. The quantitative estimate of drug-likeness (QED) is 0.872. The molecule has 3 nitrogen and oxygen atoms in total. The number of likely N-dealkylation sites (tertiary alicyclic amines) is 1. The first kappa shape index (κ1) is 13.9. The third kappa shape index (κ3) is 2.58. The number of halogens is 2. The summed E-state index contributed by atoms with van der Waals surface area (Å²) in [6, 6.07) is 5.29. The van der Waals surface area contributed by atoms with Crippen LogP contribution in [0.3, 0.4) is 0 Å². The summed E-state index contributed by atoms with van der Waals surface area (Å²) in [5, 5.41) is 11.1. The number of carbonyl (C=O) groups excluding carboxylic acids is 1. The van der Waals surface area contributed by atoms with Crippen LogP contribution < -0.4 is 0 Å². The average Bonchev–Trinajstić information content (AvgIpc) is 3.21. The summed E-state index contributed by atoms with van der Waals surface area (Å²) in [7, 11) is 0. The average molecular weight is 312 g/mol. The van der Waals surface area contributed by atoms with Gasteiger partial charge in [-0.2, -0.15) is 0 Å². The zero-order chi connectivity index (χ0) is 14.3. The van der Waals surface area contributed by atoms with Crippen LogP contribution in [-0.4, -0.2) is 34.6 Å². The Labute approximate surface area is 127 Å². The molecule has 0 bridgehead atoms. The van der Waals surface area contributed by atoms with Gasteiger partial charge in [0, 0.05) is 6.08 Å². The number of hydrogen-bond donors (Lipinski definition) is 1. The molecule has 1 aliphatic heterocycles. The predicted molar refractivity (Wildman–Crippen MR) is 79.7 cm³/mol. The first-order valence-electron chi connectivity index (χ1n) is 6.63. The lowest BCUT2D eigenvalue weighted by Crippen LogP contribution is -2.64. The minimum Gasteiger partial charge on any atom is -0.386 e. The first-order valence-corrected chi connectivity index (χ1v) is 7.38. The number of aliphatic hydroxyl groups is 1. The maximum atomic E-state index is 12.0. The number of carbonyl (C=O) groups is 1. The molecule has 0 unspecified atom stereocenters. The maximum Gasteiger partial charge on any atom is 0.246 e. The van der Waals surface area contributed by atoms with Crippen molar-refractivity contribution in [2.24, 2.45) is 5.92 Å². The molecule has 1 saturated heterocycles. The molecule has 3 rings (SSSR count). The van der Waals surface area contributed by atoms with Gasteiger partial charge in [-0.15, -0.1) is 0 Å². The molecular formula is C15H15Cl2NO2. The number of β-amino-alcohol motifs (C(OH)–C–C–N with tert-alkyl or cyclic N) is 1. The monoisotopic (exact) mass is 311 g/mol. The number of hydrogen-bond acceptors (Lipinski definition) is 2. The molecule has 0 radical (unpaired) electrons. The Morgan fingerprint density at radius 3 is 2.70 bits per heavy atom. The maximum absolute atomic E-state index is 12.0. The molecule has 1 amide bonds. The summed E-state index contributed by atoms with van der Waals surface area (Å²) < 4.78 is 0. The summed E-state index contributed by atoms with van der Waals surface area (Å²) in [6.07, 6.45) is 5.29. The van der Waals surface area contributed by atoms with Crippen LogP contribution in [0.2, 0.25) is 10.0 Å². The molecule has 0 aromatic heterocycles. The topological polar surface area (TPSA) is 40.5 Å². The molecule has 0 spiro atoms. The van der Waals surface area contributed by atoms with E-state index in [2.05, 4.69) is 0 Å². The van der Waals surface area contributed by atoms with Crippen LogP contribution in [-0.2, 0) is 4.79 Å². The fourth-order valence-corrected chi connectivity index (χ4v) is 2.94. The zero-order valence-corrected chi connectivity index (χ0v) is 12.4. The Hall–Kier alpha value is -1.03. The first-order chi connectivity index (χ1) is 9.49. The third-order valence-electron chi connectivity index (χ3n) is 3.97. The van der Waals surface area contributed by atoms with Gasteiger partial charge in [0.25, 0.3) is 0 Å². The SMILES string of the molecule is O=C(C=Cc1cccc(Cl)c1Cl)N1CC(O)(C2CC2)C1. The molecule has 1 aromatic carbocycles. The smallest absolute Gasteiger partial charge is 0.246 e. The summed E-state index contributed by atoms with van der Waals surface area (Å²) in [4.78, 5) is 13.6. The van der Waals surface area contributed by atoms with E-state index in [0.29, 0.717) is 34.6 Å². The molecule has 2 fully saturated rings. The molecular weight excluding hydrogens is 297 g/mol.